The van der Waals surface area contributed by atoms with E-state index in [4.69, 9.17) is 15.0 Å². The number of carbonyl (C=O) groups is 1. The standard InChI is InChI=1S/CH2O3.Al.Ca.H2O.3H/c2-1(3)4;;;;;;/h(H2,2,3,4);;;1H2;;;/q;;+2;;;;/p-2. The molecule has 2 N–H and O–H groups in total. The van der Waals surface area contributed by atoms with E-state index in [9.17, 15) is 0 Å². The van der Waals surface area contributed by atoms with E-state index in [-0.39, 0.29) is 60.6 Å². The van der Waals surface area contributed by atoms with E-state index in [1.807, 2.05) is 0 Å². The molecule has 0 rings (SSSR count). The Labute approximate surface area is 81.0 Å². The molecule has 0 heterocycles. The fourth-order valence-electron chi connectivity index (χ4n) is 0. The molecule has 0 saturated heterocycles. The molecule has 0 aliphatic heterocycles. The van der Waals surface area contributed by atoms with Gasteiger partial charge in [-0.2, -0.15) is 0 Å². The molecule has 7 heavy (non-hydrogen) atoms. The van der Waals surface area contributed by atoms with Crippen molar-refractivity contribution in [3.8, 4) is 0 Å². The monoisotopic (exact) mass is 148 g/mol. The summed E-state index contributed by atoms with van der Waals surface area (Å²) in [6, 6.07) is 0. The summed E-state index contributed by atoms with van der Waals surface area (Å²) < 4.78 is 0. The fraction of sp³-hybridized carbons (Fsp3) is 0. The molecule has 0 fully saturated rings. The molecule has 0 aliphatic carbocycles. The van der Waals surface area contributed by atoms with E-state index in [1.165, 1.54) is 0 Å². The molecule has 38 valence electrons. The molecule has 6 heteroatoms. The summed E-state index contributed by atoms with van der Waals surface area (Å²) in [5.74, 6) is 0. The third-order valence-corrected chi connectivity index (χ3v) is 0. The number of hydrogen-bond donors (Lipinski definition) is 0. The zero-order valence-electron chi connectivity index (χ0n) is 2.93. The second-order valence-electron chi connectivity index (χ2n) is 0.250. The topological polar surface area (TPSA) is 94.7 Å². The van der Waals surface area contributed by atoms with E-state index >= 15 is 0 Å². The van der Waals surface area contributed by atoms with Gasteiger partial charge in [0.05, 0.1) is 0 Å². The summed E-state index contributed by atoms with van der Waals surface area (Å²) in [6.45, 7) is 0. The Kier molecular flexibility index (Phi) is 55.0. The summed E-state index contributed by atoms with van der Waals surface area (Å²) in [6.07, 6.45) is -2.33. The van der Waals surface area contributed by atoms with Crippen molar-refractivity contribution in [2.24, 2.45) is 0 Å². The number of hydrogen-bond acceptors (Lipinski definition) is 3. The van der Waals surface area contributed by atoms with Crippen molar-refractivity contribution < 1.29 is 20.5 Å². The Hall–Kier alpha value is 1.02. The van der Waals surface area contributed by atoms with E-state index in [0.717, 1.165) is 0 Å². The van der Waals surface area contributed by atoms with E-state index in [2.05, 4.69) is 0 Å². The largest absolute Gasteiger partial charge is 2.00 e. The van der Waals surface area contributed by atoms with Gasteiger partial charge in [-0.25, -0.2) is 0 Å². The van der Waals surface area contributed by atoms with Gasteiger partial charge >= 0.3 is 37.7 Å². The second-order valence-corrected chi connectivity index (χ2v) is 0.250. The molecule has 0 spiro atoms. The van der Waals surface area contributed by atoms with Gasteiger partial charge in [-0.05, 0) is 6.16 Å². The van der Waals surface area contributed by atoms with Crippen molar-refractivity contribution >= 4 is 61.3 Å². The third-order valence-electron chi connectivity index (χ3n) is 0. The van der Waals surface area contributed by atoms with Gasteiger partial charge in [0, 0.05) is 0 Å². The van der Waals surface area contributed by atoms with Crippen molar-refractivity contribution in [1.82, 2.24) is 0 Å². The SMILES string of the molecule is O.O=C([O-])[O-].[AlH3].[Ca+2]. The van der Waals surface area contributed by atoms with Crippen LogP contribution in [0.5, 0.6) is 0 Å². The molecule has 0 bridgehead atoms. The smallest absolute Gasteiger partial charge is 0.652 e. The maximum Gasteiger partial charge on any atom is 2.00 e. The van der Waals surface area contributed by atoms with Crippen molar-refractivity contribution in [2.45, 2.75) is 0 Å². The predicted octanol–water partition coefficient (Wildman–Crippen LogP) is -4.84. The van der Waals surface area contributed by atoms with Crippen LogP contribution in [0.4, 0.5) is 4.79 Å². The van der Waals surface area contributed by atoms with Crippen LogP contribution in [-0.4, -0.2) is 66.7 Å². The Morgan fingerprint density at radius 1 is 1.29 bits per heavy atom. The number of carbonyl (C=O) groups excluding carboxylic acids is 1. The van der Waals surface area contributed by atoms with E-state index in [1.54, 1.807) is 0 Å². The first-order valence-electron chi connectivity index (χ1n) is 0.612. The average Bonchev–Trinajstić information content (AvgIpc) is 0.811. The average molecular weight is 148 g/mol. The minimum absolute atomic E-state index is 0. The molecule has 0 atom stereocenters. The minimum atomic E-state index is -2.33. The molecule has 0 aromatic heterocycles. The number of rotatable bonds is 0. The quantitative estimate of drug-likeness (QED) is 0.322. The second kappa shape index (κ2) is 15.7. The van der Waals surface area contributed by atoms with Crippen LogP contribution in [0.3, 0.4) is 0 Å². The van der Waals surface area contributed by atoms with Gasteiger partial charge in [-0.15, -0.1) is 0 Å². The summed E-state index contributed by atoms with van der Waals surface area (Å²) in [7, 11) is 0. The zero-order valence-corrected chi connectivity index (χ0v) is 5.14. The van der Waals surface area contributed by atoms with Crippen LogP contribution in [0.2, 0.25) is 0 Å². The van der Waals surface area contributed by atoms with Gasteiger partial charge in [0.15, 0.2) is 17.4 Å². The summed E-state index contributed by atoms with van der Waals surface area (Å²) in [5, 5.41) is 16.7. The molecule has 0 aromatic rings. The van der Waals surface area contributed by atoms with E-state index < -0.39 is 6.16 Å². The van der Waals surface area contributed by atoms with Crippen LogP contribution < -0.4 is 10.2 Å². The Morgan fingerprint density at radius 2 is 1.29 bits per heavy atom. The van der Waals surface area contributed by atoms with Crippen molar-refractivity contribution in [3.63, 3.8) is 0 Å². The predicted molar refractivity (Wildman–Crippen MR) is 24.7 cm³/mol. The first-order chi connectivity index (χ1) is 1.73. The maximum atomic E-state index is 8.33. The molecule has 0 radical (unpaired) electrons. The fourth-order valence-corrected chi connectivity index (χ4v) is 0. The molecule has 0 aliphatic rings. The van der Waals surface area contributed by atoms with Gasteiger partial charge in [0.1, 0.15) is 0 Å². The van der Waals surface area contributed by atoms with Gasteiger partial charge in [-0.1, -0.05) is 0 Å². The number of carboxylic acid groups (broad SMARTS) is 2. The van der Waals surface area contributed by atoms with Gasteiger partial charge < -0.3 is 20.5 Å². The summed E-state index contributed by atoms with van der Waals surface area (Å²) in [4.78, 5) is 8.33. The van der Waals surface area contributed by atoms with Crippen LogP contribution in [0, 0.1) is 0 Å². The molecule has 4 nitrogen and oxygen atoms in total. The van der Waals surface area contributed by atoms with Gasteiger partial charge in [0.25, 0.3) is 0 Å². The Balaban J connectivity index is -0.0000000150. The molecular weight excluding hydrogens is 143 g/mol. The molecule has 0 amide bonds. The minimum Gasteiger partial charge on any atom is -0.652 e. The van der Waals surface area contributed by atoms with Crippen LogP contribution in [0.1, 0.15) is 0 Å². The third kappa shape index (κ3) is 170. The van der Waals surface area contributed by atoms with Gasteiger partial charge in [0.2, 0.25) is 0 Å². The first-order valence-corrected chi connectivity index (χ1v) is 0.612. The van der Waals surface area contributed by atoms with Crippen LogP contribution in [-0.2, 0) is 0 Å². The van der Waals surface area contributed by atoms with E-state index in [0.29, 0.717) is 0 Å². The van der Waals surface area contributed by atoms with Crippen molar-refractivity contribution in [2.75, 3.05) is 0 Å². The normalized spacial score (nSPS) is 3.43. The molecule has 0 saturated carbocycles. The summed E-state index contributed by atoms with van der Waals surface area (Å²) >= 11 is 0. The molecular formula is CH5AlCaO4. The molecule has 0 aromatic carbocycles. The van der Waals surface area contributed by atoms with Crippen molar-refractivity contribution in [3.05, 3.63) is 0 Å². The van der Waals surface area contributed by atoms with Crippen LogP contribution >= 0.6 is 0 Å². The maximum absolute atomic E-state index is 8.33. The van der Waals surface area contributed by atoms with Crippen LogP contribution in [0.25, 0.3) is 0 Å². The zero-order chi connectivity index (χ0) is 3.58. The van der Waals surface area contributed by atoms with Crippen molar-refractivity contribution in [1.29, 1.82) is 0 Å². The summed E-state index contributed by atoms with van der Waals surface area (Å²) in [5.41, 5.74) is 0. The first kappa shape index (κ1) is 24.5. The van der Waals surface area contributed by atoms with Gasteiger partial charge in [-0.3, -0.25) is 0 Å². The van der Waals surface area contributed by atoms with Crippen LogP contribution in [0.15, 0.2) is 0 Å². The Bertz CT molecular complexity index is 34.7. The Morgan fingerprint density at radius 3 is 1.29 bits per heavy atom. The molecule has 0 unspecified atom stereocenters.